The van der Waals surface area contributed by atoms with E-state index in [-0.39, 0.29) is 17.3 Å². The number of piperidine rings is 1. The third-order valence-corrected chi connectivity index (χ3v) is 10.3. The lowest BCUT2D eigenvalue weighted by Gasteiger charge is -2.56. The summed E-state index contributed by atoms with van der Waals surface area (Å²) in [6, 6.07) is 12.1. The smallest absolute Gasteiger partial charge is 0.165 e. The predicted octanol–water partition coefficient (Wildman–Crippen LogP) is 3.83. The van der Waals surface area contributed by atoms with Gasteiger partial charge in [0.2, 0.25) is 0 Å². The number of rotatable bonds is 4. The molecule has 2 aromatic rings. The molecule has 2 heterocycles. The Morgan fingerprint density at radius 3 is 2.73 bits per heavy atom. The number of phenols is 1. The molecule has 7 rings (SSSR count). The van der Waals surface area contributed by atoms with Gasteiger partial charge in [0.1, 0.15) is 18.0 Å². The van der Waals surface area contributed by atoms with Gasteiger partial charge >= 0.3 is 0 Å². The molecule has 2 aliphatic heterocycles. The summed E-state index contributed by atoms with van der Waals surface area (Å²) in [6.07, 6.45) is 9.42. The molecule has 2 bridgehead atoms. The molecule has 7 heteroatoms. The number of aliphatic hydroxyl groups excluding tert-OH is 1. The van der Waals surface area contributed by atoms with E-state index < -0.39 is 11.7 Å². The van der Waals surface area contributed by atoms with Crippen LogP contribution in [0.4, 0.5) is 0 Å². The molecule has 0 aromatic heterocycles. The van der Waals surface area contributed by atoms with E-state index in [0.717, 1.165) is 56.5 Å². The highest BCUT2D eigenvalue weighted by molar-refractivity contribution is 5.61. The molecule has 2 aromatic carbocycles. The van der Waals surface area contributed by atoms with Gasteiger partial charge in [-0.3, -0.25) is 0 Å². The van der Waals surface area contributed by atoms with E-state index in [1.54, 1.807) is 13.2 Å². The molecule has 1 saturated heterocycles. The van der Waals surface area contributed by atoms with Gasteiger partial charge < -0.3 is 34.6 Å². The number of benzene rings is 2. The minimum atomic E-state index is -0.711. The number of methoxy groups -OCH3 is 1. The topological polar surface area (TPSA) is 85.6 Å². The molecule has 40 heavy (non-hydrogen) atoms. The van der Waals surface area contributed by atoms with Gasteiger partial charge in [0.15, 0.2) is 11.5 Å². The Balaban J connectivity index is 0.000000146. The third kappa shape index (κ3) is 4.25. The van der Waals surface area contributed by atoms with E-state index in [0.29, 0.717) is 23.6 Å². The number of phenolic OH excluding ortho intramolecular Hbond substituents is 1. The fraction of sp³-hybridized carbons (Fsp3) is 0.576. The van der Waals surface area contributed by atoms with Gasteiger partial charge in [-0.15, -0.1) is 0 Å². The first-order valence-corrected chi connectivity index (χ1v) is 14.8. The normalized spacial score (nSPS) is 35.4. The highest BCUT2D eigenvalue weighted by Crippen LogP contribution is 2.62. The van der Waals surface area contributed by atoms with Crippen LogP contribution in [0.2, 0.25) is 0 Å². The summed E-state index contributed by atoms with van der Waals surface area (Å²) in [5.74, 6) is 2.30. The summed E-state index contributed by atoms with van der Waals surface area (Å²) in [6.45, 7) is 1.93. The zero-order chi connectivity index (χ0) is 28.2. The number of hydrogen-bond donors (Lipinski definition) is 3. The van der Waals surface area contributed by atoms with Crippen LogP contribution in [0.15, 0.2) is 48.6 Å². The van der Waals surface area contributed by atoms with E-state index in [4.69, 9.17) is 9.47 Å². The average molecular weight is 549 g/mol. The average Bonchev–Trinajstić information content (AvgIpc) is 3.31. The zero-order valence-electron chi connectivity index (χ0n) is 24.2. The highest BCUT2D eigenvalue weighted by atomic mass is 16.5. The van der Waals surface area contributed by atoms with Crippen LogP contribution in [-0.2, 0) is 17.4 Å². The monoisotopic (exact) mass is 548 g/mol. The summed E-state index contributed by atoms with van der Waals surface area (Å²) in [7, 11) is 8.00. The van der Waals surface area contributed by atoms with Crippen LogP contribution in [0, 0.1) is 11.8 Å². The first-order chi connectivity index (χ1) is 19.2. The fourth-order valence-electron chi connectivity index (χ4n) is 8.42. The van der Waals surface area contributed by atoms with E-state index in [9.17, 15) is 15.3 Å². The lowest BCUT2D eigenvalue weighted by molar-refractivity contribution is -0.0619. The molecule has 3 aliphatic carbocycles. The Bertz CT molecular complexity index is 1280. The summed E-state index contributed by atoms with van der Waals surface area (Å²) < 4.78 is 11.4. The number of hydrogen-bond acceptors (Lipinski definition) is 7. The fourth-order valence-corrected chi connectivity index (χ4v) is 8.42. The van der Waals surface area contributed by atoms with E-state index in [2.05, 4.69) is 37.0 Å². The standard InChI is InChI=1S/C17H19NO3.C16H25NO2/c1-18-7-6-17-10-3-5-13(20)16(17)21-15-12(19)4-2-9(14(15)17)8-11(10)18;1-17(2)12-14-7-4-5-10-16(14,18)13-8-6-9-15(11-13)19-3/h2-5,10-11,13,16,19-20H,6-8H2,1H3;6,8-9,11,14,18H,4-5,7,10,12H2,1-3H3/t10-,11+,13-,16-,17-;14-,16+/m01/s1. The number of likely N-dealkylation sites (tertiary alicyclic amines) is 1. The van der Waals surface area contributed by atoms with Gasteiger partial charge in [0.25, 0.3) is 0 Å². The van der Waals surface area contributed by atoms with Crippen molar-refractivity contribution in [1.82, 2.24) is 9.80 Å². The quantitative estimate of drug-likeness (QED) is 0.501. The SMILES string of the molecule is CN1CC[C@]23c4c5ccc(O)c4O[C@H]2[C@@H](O)C=C[C@H]3[C@H]1C5.COc1cccc([C@@]2(O)CCCC[C@@H]2CN(C)C)c1. The molecular weight excluding hydrogens is 504 g/mol. The van der Waals surface area contributed by atoms with Gasteiger partial charge in [-0.25, -0.2) is 0 Å². The second kappa shape index (κ2) is 10.4. The van der Waals surface area contributed by atoms with Gasteiger partial charge in [0, 0.05) is 35.4 Å². The molecule has 5 aliphatic rings. The van der Waals surface area contributed by atoms with Crippen LogP contribution in [-0.4, -0.2) is 84.7 Å². The van der Waals surface area contributed by atoms with Crippen molar-refractivity contribution in [2.45, 2.75) is 67.8 Å². The lowest BCUT2D eigenvalue weighted by Crippen LogP contribution is -2.64. The van der Waals surface area contributed by atoms with Gasteiger partial charge in [0.05, 0.1) is 12.7 Å². The summed E-state index contributed by atoms with van der Waals surface area (Å²) >= 11 is 0. The van der Waals surface area contributed by atoms with Crippen LogP contribution in [0.25, 0.3) is 0 Å². The summed E-state index contributed by atoms with van der Waals surface area (Å²) in [5, 5.41) is 31.8. The van der Waals surface area contributed by atoms with E-state index in [1.807, 2.05) is 36.4 Å². The number of aromatic hydroxyl groups is 1. The second-order valence-corrected chi connectivity index (χ2v) is 12.8. The van der Waals surface area contributed by atoms with Crippen molar-refractivity contribution in [3.8, 4) is 17.2 Å². The highest BCUT2D eigenvalue weighted by Gasteiger charge is 2.64. The largest absolute Gasteiger partial charge is 0.504 e. The number of nitrogens with zero attached hydrogens (tertiary/aromatic N) is 2. The summed E-state index contributed by atoms with van der Waals surface area (Å²) in [4.78, 5) is 4.60. The minimum Gasteiger partial charge on any atom is -0.504 e. The maximum Gasteiger partial charge on any atom is 0.165 e. The van der Waals surface area contributed by atoms with Gasteiger partial charge in [-0.05, 0) is 82.7 Å². The van der Waals surface area contributed by atoms with Crippen LogP contribution in [0.3, 0.4) is 0 Å². The van der Waals surface area contributed by atoms with Crippen molar-refractivity contribution in [2.24, 2.45) is 11.8 Å². The van der Waals surface area contributed by atoms with Crippen LogP contribution in [0.1, 0.15) is 48.8 Å². The number of aliphatic hydroxyl groups is 2. The lowest BCUT2D eigenvalue weighted by atomic mass is 9.53. The van der Waals surface area contributed by atoms with Crippen molar-refractivity contribution in [3.63, 3.8) is 0 Å². The Hall–Kier alpha value is -2.58. The molecule has 0 unspecified atom stereocenters. The molecule has 1 spiro atoms. The van der Waals surface area contributed by atoms with Crippen molar-refractivity contribution in [1.29, 1.82) is 0 Å². The molecule has 0 amide bonds. The Morgan fingerprint density at radius 1 is 1.12 bits per heavy atom. The second-order valence-electron chi connectivity index (χ2n) is 12.8. The van der Waals surface area contributed by atoms with Crippen molar-refractivity contribution in [3.05, 3.63) is 65.2 Å². The summed E-state index contributed by atoms with van der Waals surface area (Å²) in [5.41, 5.74) is 2.58. The number of ether oxygens (including phenoxy) is 2. The molecule has 1 saturated carbocycles. The number of likely N-dealkylation sites (N-methyl/N-ethyl adjacent to an activating group) is 1. The predicted molar refractivity (Wildman–Crippen MR) is 155 cm³/mol. The van der Waals surface area contributed by atoms with Gasteiger partial charge in [-0.2, -0.15) is 0 Å². The molecule has 2 fully saturated rings. The Labute approximate surface area is 238 Å². The molecule has 7 nitrogen and oxygen atoms in total. The molecule has 0 radical (unpaired) electrons. The molecule has 7 atom stereocenters. The molecule has 3 N–H and O–H groups in total. The first-order valence-electron chi connectivity index (χ1n) is 14.8. The molecular formula is C33H44N2O5. The first kappa shape index (κ1) is 27.6. The third-order valence-electron chi connectivity index (χ3n) is 10.3. The minimum absolute atomic E-state index is 0.160. The van der Waals surface area contributed by atoms with Crippen LogP contribution >= 0.6 is 0 Å². The van der Waals surface area contributed by atoms with Crippen LogP contribution < -0.4 is 9.47 Å². The van der Waals surface area contributed by atoms with Crippen molar-refractivity contribution in [2.75, 3.05) is 41.3 Å². The van der Waals surface area contributed by atoms with Gasteiger partial charge in [-0.1, -0.05) is 43.2 Å². The van der Waals surface area contributed by atoms with E-state index >= 15 is 0 Å². The van der Waals surface area contributed by atoms with Crippen LogP contribution in [0.5, 0.6) is 17.2 Å². The van der Waals surface area contributed by atoms with E-state index in [1.165, 1.54) is 17.5 Å². The zero-order valence-corrected chi connectivity index (χ0v) is 24.2. The maximum atomic E-state index is 11.2. The van der Waals surface area contributed by atoms with Crippen molar-refractivity contribution >= 4 is 0 Å². The Morgan fingerprint density at radius 2 is 1.95 bits per heavy atom. The molecule has 216 valence electrons. The van der Waals surface area contributed by atoms with Crippen molar-refractivity contribution < 1.29 is 24.8 Å². The Kier molecular flexibility index (Phi) is 7.14. The maximum absolute atomic E-state index is 11.2.